The summed E-state index contributed by atoms with van der Waals surface area (Å²) in [5.74, 6) is -3.68. The molecule has 24 heavy (non-hydrogen) atoms. The molecule has 0 unspecified atom stereocenters. The van der Waals surface area contributed by atoms with Crippen molar-refractivity contribution >= 4 is 35.4 Å². The molecule has 1 rings (SSSR count). The maximum Gasteiger partial charge on any atom is 0.325 e. The number of halogens is 2. The van der Waals surface area contributed by atoms with Crippen LogP contribution in [-0.4, -0.2) is 43.1 Å². The van der Waals surface area contributed by atoms with Crippen LogP contribution < -0.4 is 0 Å². The minimum atomic E-state index is -1.36. The van der Waals surface area contributed by atoms with Crippen LogP contribution in [0.5, 0.6) is 0 Å². The van der Waals surface area contributed by atoms with Crippen molar-refractivity contribution < 1.29 is 28.6 Å². The number of benzene rings is 1. The van der Waals surface area contributed by atoms with Crippen molar-refractivity contribution in [3.63, 3.8) is 0 Å². The number of esters is 2. The first-order chi connectivity index (χ1) is 11.5. The van der Waals surface area contributed by atoms with Gasteiger partial charge in [-0.25, -0.2) is 4.39 Å². The van der Waals surface area contributed by atoms with E-state index in [1.807, 2.05) is 0 Å². The summed E-state index contributed by atoms with van der Waals surface area (Å²) >= 11 is 5.71. The third-order valence-electron chi connectivity index (χ3n) is 2.98. The average Bonchev–Trinajstić information content (AvgIpc) is 2.54. The van der Waals surface area contributed by atoms with Crippen molar-refractivity contribution in [1.82, 2.24) is 0 Å². The van der Waals surface area contributed by atoms with Gasteiger partial charge in [0.25, 0.3) is 0 Å². The molecule has 8 heteroatoms. The monoisotopic (exact) mass is 359 g/mol. The number of rotatable bonds is 8. The Labute approximate surface area is 144 Å². The number of hydrogen-bond donors (Lipinski definition) is 1. The summed E-state index contributed by atoms with van der Waals surface area (Å²) in [4.78, 5) is 27.7. The summed E-state index contributed by atoms with van der Waals surface area (Å²) in [7, 11) is 0. The van der Waals surface area contributed by atoms with Gasteiger partial charge in [0.05, 0.1) is 23.9 Å². The van der Waals surface area contributed by atoms with E-state index < -0.39 is 23.7 Å². The Morgan fingerprint density at radius 2 is 1.88 bits per heavy atom. The first-order valence-corrected chi connectivity index (χ1v) is 7.79. The third kappa shape index (κ3) is 5.28. The summed E-state index contributed by atoms with van der Waals surface area (Å²) in [5, 5.41) is 8.94. The maximum absolute atomic E-state index is 14.0. The number of carbonyl (C=O) groups is 2. The Balaban J connectivity index is 3.15. The Morgan fingerprint density at radius 3 is 2.38 bits per heavy atom. The van der Waals surface area contributed by atoms with Crippen LogP contribution in [0.4, 0.5) is 10.1 Å². The van der Waals surface area contributed by atoms with Crippen LogP contribution >= 0.6 is 11.6 Å². The predicted molar refractivity (Wildman–Crippen MR) is 87.1 cm³/mol. The molecule has 0 heterocycles. The molecule has 0 bridgehead atoms. The second-order valence-corrected chi connectivity index (χ2v) is 5.00. The van der Waals surface area contributed by atoms with Gasteiger partial charge < -0.3 is 14.6 Å². The van der Waals surface area contributed by atoms with Crippen molar-refractivity contribution in [2.75, 3.05) is 19.8 Å². The molecular weight excluding hydrogens is 341 g/mol. The Bertz CT molecular complexity index is 603. The molecule has 0 aromatic heterocycles. The van der Waals surface area contributed by atoms with Crippen molar-refractivity contribution in [2.45, 2.75) is 20.3 Å². The fourth-order valence-corrected chi connectivity index (χ4v) is 2.07. The molecule has 0 saturated carbocycles. The molecule has 0 aliphatic carbocycles. The van der Waals surface area contributed by atoms with E-state index in [1.54, 1.807) is 13.8 Å². The third-order valence-corrected chi connectivity index (χ3v) is 3.27. The number of aliphatic imine (C=N–C) groups is 1. The zero-order chi connectivity index (χ0) is 18.1. The summed E-state index contributed by atoms with van der Waals surface area (Å²) in [6, 6.07) is 2.73. The van der Waals surface area contributed by atoms with Gasteiger partial charge in [-0.1, -0.05) is 11.6 Å². The molecule has 0 amide bonds. The summed E-state index contributed by atoms with van der Waals surface area (Å²) in [5.41, 5.74) is 0.247. The van der Waals surface area contributed by atoms with Crippen LogP contribution in [0.3, 0.4) is 0 Å². The molecule has 0 aliphatic heterocycles. The van der Waals surface area contributed by atoms with Gasteiger partial charge in [-0.15, -0.1) is 0 Å². The first-order valence-electron chi connectivity index (χ1n) is 7.41. The number of hydrogen-bond acceptors (Lipinski definition) is 6. The molecule has 0 spiro atoms. The highest BCUT2D eigenvalue weighted by molar-refractivity contribution is 6.30. The lowest BCUT2D eigenvalue weighted by Gasteiger charge is -2.11. The topological polar surface area (TPSA) is 85.2 Å². The Morgan fingerprint density at radius 1 is 1.29 bits per heavy atom. The zero-order valence-corrected chi connectivity index (χ0v) is 14.2. The van der Waals surface area contributed by atoms with Crippen LogP contribution in [0, 0.1) is 11.7 Å². The Hall–Kier alpha value is -1.99. The zero-order valence-electron chi connectivity index (χ0n) is 13.4. The van der Waals surface area contributed by atoms with E-state index in [0.29, 0.717) is 0 Å². The van der Waals surface area contributed by atoms with Crippen molar-refractivity contribution in [1.29, 1.82) is 0 Å². The lowest BCUT2D eigenvalue weighted by molar-refractivity contribution is -0.157. The highest BCUT2D eigenvalue weighted by atomic mass is 35.5. The lowest BCUT2D eigenvalue weighted by atomic mass is 10.1. The molecule has 0 fully saturated rings. The molecule has 6 nitrogen and oxygen atoms in total. The van der Waals surface area contributed by atoms with E-state index in [9.17, 15) is 14.0 Å². The first kappa shape index (κ1) is 20.1. The van der Waals surface area contributed by atoms with Gasteiger partial charge in [0.15, 0.2) is 5.92 Å². The van der Waals surface area contributed by atoms with Crippen LogP contribution in [-0.2, 0) is 25.5 Å². The smallest absolute Gasteiger partial charge is 0.325 e. The molecular formula is C16H19ClFNO5. The lowest BCUT2D eigenvalue weighted by Crippen LogP contribution is -2.29. The van der Waals surface area contributed by atoms with Gasteiger partial charge in [-0.3, -0.25) is 14.6 Å². The van der Waals surface area contributed by atoms with Gasteiger partial charge in [-0.2, -0.15) is 0 Å². The van der Waals surface area contributed by atoms with E-state index in [2.05, 4.69) is 4.99 Å². The summed E-state index contributed by atoms with van der Waals surface area (Å²) < 4.78 is 23.7. The van der Waals surface area contributed by atoms with E-state index in [1.165, 1.54) is 12.1 Å². The SMILES string of the molecule is CCOC(=O)C(C=Nc1ccc(Cl)c(F)c1CCO)C(=O)OCC. The van der Waals surface area contributed by atoms with Crippen molar-refractivity contribution in [3.8, 4) is 0 Å². The van der Waals surface area contributed by atoms with E-state index in [-0.39, 0.29) is 42.5 Å². The highest BCUT2D eigenvalue weighted by Gasteiger charge is 2.28. The summed E-state index contributed by atoms with van der Waals surface area (Å²) in [6.45, 7) is 3.08. The Kier molecular flexibility index (Phi) is 8.35. The van der Waals surface area contributed by atoms with Gasteiger partial charge >= 0.3 is 11.9 Å². The van der Waals surface area contributed by atoms with E-state index >= 15 is 0 Å². The molecule has 0 radical (unpaired) electrons. The number of carbonyl (C=O) groups excluding carboxylic acids is 2. The highest BCUT2D eigenvalue weighted by Crippen LogP contribution is 2.28. The molecule has 1 N–H and O–H groups in total. The normalized spacial score (nSPS) is 11.1. The second kappa shape index (κ2) is 10.00. The molecule has 0 aliphatic rings. The van der Waals surface area contributed by atoms with Crippen LogP contribution in [0.25, 0.3) is 0 Å². The second-order valence-electron chi connectivity index (χ2n) is 4.59. The number of nitrogens with zero attached hydrogens (tertiary/aromatic N) is 1. The van der Waals surface area contributed by atoms with Gasteiger partial charge in [0.2, 0.25) is 0 Å². The van der Waals surface area contributed by atoms with Gasteiger partial charge in [0, 0.05) is 24.8 Å². The quantitative estimate of drug-likeness (QED) is 0.438. The fraction of sp³-hybridized carbons (Fsp3) is 0.438. The number of aliphatic hydroxyl groups excluding tert-OH is 1. The average molecular weight is 360 g/mol. The largest absolute Gasteiger partial charge is 0.465 e. The molecule has 0 atom stereocenters. The van der Waals surface area contributed by atoms with Crippen LogP contribution in [0.2, 0.25) is 5.02 Å². The standard InChI is InChI=1S/C16H19ClFNO5/c1-3-23-15(21)11(16(22)24-4-2)9-19-13-6-5-12(17)14(18)10(13)7-8-20/h5-6,9,11,20H,3-4,7-8H2,1-2H3. The molecule has 1 aromatic rings. The fourth-order valence-electron chi connectivity index (χ4n) is 1.89. The van der Waals surface area contributed by atoms with Gasteiger partial charge in [0.1, 0.15) is 5.82 Å². The minimum absolute atomic E-state index is 0.0114. The number of aliphatic hydroxyl groups is 1. The molecule has 1 aromatic carbocycles. The molecule has 132 valence electrons. The predicted octanol–water partition coefficient (Wildman–Crippen LogP) is 2.46. The maximum atomic E-state index is 14.0. The van der Waals surface area contributed by atoms with Gasteiger partial charge in [-0.05, 0) is 26.0 Å². The van der Waals surface area contributed by atoms with Crippen molar-refractivity contribution in [3.05, 3.63) is 28.5 Å². The van der Waals surface area contributed by atoms with Crippen LogP contribution in [0.1, 0.15) is 19.4 Å². The molecule has 0 saturated heterocycles. The van der Waals surface area contributed by atoms with E-state index in [4.69, 9.17) is 26.2 Å². The summed E-state index contributed by atoms with van der Waals surface area (Å²) in [6.07, 6.45) is 1.03. The van der Waals surface area contributed by atoms with Crippen molar-refractivity contribution in [2.24, 2.45) is 10.9 Å². The minimum Gasteiger partial charge on any atom is -0.465 e. The van der Waals surface area contributed by atoms with Crippen LogP contribution in [0.15, 0.2) is 17.1 Å². The van der Waals surface area contributed by atoms with E-state index in [0.717, 1.165) is 6.21 Å². The number of ether oxygens (including phenoxy) is 2.